The third-order valence-electron chi connectivity index (χ3n) is 4.10. The molecule has 26 heavy (non-hydrogen) atoms. The first kappa shape index (κ1) is 15.8. The molecule has 0 saturated carbocycles. The first-order valence-electron chi connectivity index (χ1n) is 7.89. The highest BCUT2D eigenvalue weighted by atomic mass is 19.1. The van der Waals surface area contributed by atoms with Crippen molar-refractivity contribution in [3.8, 4) is 22.4 Å². The van der Waals surface area contributed by atoms with Gasteiger partial charge in [-0.3, -0.25) is 14.8 Å². The summed E-state index contributed by atoms with van der Waals surface area (Å²) >= 11 is 0. The topological polar surface area (TPSA) is 81.8 Å². The van der Waals surface area contributed by atoms with Crippen molar-refractivity contribution in [1.82, 2.24) is 15.0 Å². The van der Waals surface area contributed by atoms with Gasteiger partial charge < -0.3 is 5.73 Å². The summed E-state index contributed by atoms with van der Waals surface area (Å²) in [6, 6.07) is 13.5. The number of halogens is 1. The van der Waals surface area contributed by atoms with Gasteiger partial charge in [0, 0.05) is 29.7 Å². The molecule has 0 spiro atoms. The number of fused-ring (bicyclic) bond motifs is 1. The van der Waals surface area contributed by atoms with Gasteiger partial charge in [0.2, 0.25) is 0 Å². The number of pyridine rings is 3. The maximum absolute atomic E-state index is 13.7. The van der Waals surface area contributed by atoms with Crippen LogP contribution < -0.4 is 5.73 Å². The van der Waals surface area contributed by atoms with Gasteiger partial charge in [-0.15, -0.1) is 0 Å². The Morgan fingerprint density at radius 3 is 2.50 bits per heavy atom. The van der Waals surface area contributed by atoms with Crippen molar-refractivity contribution in [2.75, 3.05) is 0 Å². The second-order valence-corrected chi connectivity index (χ2v) is 5.72. The fraction of sp³-hybridized carbons (Fsp3) is 0. The largest absolute Gasteiger partial charge is 0.366 e. The Morgan fingerprint density at radius 1 is 0.923 bits per heavy atom. The van der Waals surface area contributed by atoms with Crippen molar-refractivity contribution in [3.05, 3.63) is 78.5 Å². The third kappa shape index (κ3) is 2.77. The molecule has 1 aromatic carbocycles. The number of carbonyl (C=O) groups excluding carboxylic acids is 1. The molecule has 0 aliphatic heterocycles. The molecule has 6 heteroatoms. The lowest BCUT2D eigenvalue weighted by Crippen LogP contribution is -2.13. The zero-order chi connectivity index (χ0) is 18.1. The van der Waals surface area contributed by atoms with Crippen LogP contribution in [0.4, 0.5) is 4.39 Å². The molecule has 0 aliphatic rings. The minimum atomic E-state index is -0.815. The fourth-order valence-corrected chi connectivity index (χ4v) is 2.82. The lowest BCUT2D eigenvalue weighted by Gasteiger charge is -2.08. The summed E-state index contributed by atoms with van der Waals surface area (Å²) in [5.41, 5.74) is 9.60. The molecule has 1 amide bonds. The summed E-state index contributed by atoms with van der Waals surface area (Å²) in [6.07, 6.45) is 5.15. The molecule has 126 valence electrons. The number of hydrogen-bond acceptors (Lipinski definition) is 4. The molecule has 0 aliphatic carbocycles. The van der Waals surface area contributed by atoms with Gasteiger partial charge in [0.15, 0.2) is 0 Å². The maximum Gasteiger partial charge on any atom is 0.251 e. The maximum atomic E-state index is 13.7. The van der Waals surface area contributed by atoms with E-state index in [2.05, 4.69) is 9.97 Å². The Bertz CT molecular complexity index is 1130. The van der Waals surface area contributed by atoms with Crippen molar-refractivity contribution < 1.29 is 9.18 Å². The van der Waals surface area contributed by atoms with Crippen molar-refractivity contribution in [2.45, 2.75) is 0 Å². The number of nitrogens with two attached hydrogens (primary N) is 1. The van der Waals surface area contributed by atoms with Crippen LogP contribution in [0.1, 0.15) is 10.4 Å². The molecular weight excluding hydrogens is 331 g/mol. The van der Waals surface area contributed by atoms with Gasteiger partial charge in [-0.1, -0.05) is 0 Å². The standard InChI is InChI=1S/C20H13FN4O/c21-16-2-1-13(11-15(16)20(22)26)17-3-4-18-19(25-17)14(7-10-24-18)12-5-8-23-9-6-12/h1-11H,(H2,22,26). The van der Waals surface area contributed by atoms with E-state index in [0.717, 1.165) is 16.6 Å². The van der Waals surface area contributed by atoms with Gasteiger partial charge in [0.25, 0.3) is 5.91 Å². The molecule has 0 saturated heterocycles. The number of primary amides is 1. The first-order valence-corrected chi connectivity index (χ1v) is 7.89. The van der Waals surface area contributed by atoms with E-state index in [1.807, 2.05) is 24.3 Å². The second kappa shape index (κ2) is 6.33. The van der Waals surface area contributed by atoms with E-state index >= 15 is 0 Å². The Labute approximate surface area is 148 Å². The van der Waals surface area contributed by atoms with E-state index < -0.39 is 11.7 Å². The van der Waals surface area contributed by atoms with Crippen LogP contribution in [-0.4, -0.2) is 20.9 Å². The average molecular weight is 344 g/mol. The molecule has 5 nitrogen and oxygen atoms in total. The Kier molecular flexibility index (Phi) is 3.85. The molecular formula is C20H13FN4O. The predicted octanol–water partition coefficient (Wildman–Crippen LogP) is 3.60. The van der Waals surface area contributed by atoms with Gasteiger partial charge >= 0.3 is 0 Å². The van der Waals surface area contributed by atoms with E-state index in [1.54, 1.807) is 30.7 Å². The highest BCUT2D eigenvalue weighted by molar-refractivity contribution is 5.95. The number of nitrogens with zero attached hydrogens (tertiary/aromatic N) is 3. The normalized spacial score (nSPS) is 10.8. The summed E-state index contributed by atoms with van der Waals surface area (Å²) in [6.45, 7) is 0. The Morgan fingerprint density at radius 2 is 1.73 bits per heavy atom. The third-order valence-corrected chi connectivity index (χ3v) is 4.10. The van der Waals surface area contributed by atoms with Crippen LogP contribution in [0.3, 0.4) is 0 Å². The highest BCUT2D eigenvalue weighted by Crippen LogP contribution is 2.28. The number of rotatable bonds is 3. The summed E-state index contributed by atoms with van der Waals surface area (Å²) in [7, 11) is 0. The monoisotopic (exact) mass is 344 g/mol. The SMILES string of the molecule is NC(=O)c1cc(-c2ccc3nccc(-c4ccncc4)c3n2)ccc1F. The molecule has 0 radical (unpaired) electrons. The number of benzene rings is 1. The average Bonchev–Trinajstić information content (AvgIpc) is 2.68. The van der Waals surface area contributed by atoms with Crippen LogP contribution in [0.15, 0.2) is 67.1 Å². The Hall–Kier alpha value is -3.67. The highest BCUT2D eigenvalue weighted by Gasteiger charge is 2.12. The summed E-state index contributed by atoms with van der Waals surface area (Å²) in [5, 5.41) is 0. The molecule has 3 heterocycles. The van der Waals surface area contributed by atoms with Crippen LogP contribution in [-0.2, 0) is 0 Å². The molecule has 0 fully saturated rings. The molecule has 4 aromatic rings. The lowest BCUT2D eigenvalue weighted by atomic mass is 10.0. The Balaban J connectivity index is 1.91. The van der Waals surface area contributed by atoms with Crippen molar-refractivity contribution in [1.29, 1.82) is 0 Å². The zero-order valence-corrected chi connectivity index (χ0v) is 13.6. The number of hydrogen-bond donors (Lipinski definition) is 1. The minimum absolute atomic E-state index is 0.162. The zero-order valence-electron chi connectivity index (χ0n) is 13.6. The van der Waals surface area contributed by atoms with Gasteiger partial charge in [0.05, 0.1) is 22.3 Å². The molecule has 2 N–H and O–H groups in total. The molecule has 0 unspecified atom stereocenters. The van der Waals surface area contributed by atoms with Crippen molar-refractivity contribution >= 4 is 16.9 Å². The minimum Gasteiger partial charge on any atom is -0.366 e. The predicted molar refractivity (Wildman–Crippen MR) is 96.7 cm³/mol. The number of carbonyl (C=O) groups is 1. The van der Waals surface area contributed by atoms with Crippen LogP contribution in [0.25, 0.3) is 33.4 Å². The van der Waals surface area contributed by atoms with Gasteiger partial charge in [-0.25, -0.2) is 9.37 Å². The smallest absolute Gasteiger partial charge is 0.251 e. The van der Waals surface area contributed by atoms with Crippen LogP contribution in [0.5, 0.6) is 0 Å². The molecule has 0 bridgehead atoms. The quantitative estimate of drug-likeness (QED) is 0.616. The summed E-state index contributed by atoms with van der Waals surface area (Å²) in [4.78, 5) is 24.5. The van der Waals surface area contributed by atoms with E-state index in [4.69, 9.17) is 10.7 Å². The van der Waals surface area contributed by atoms with Crippen LogP contribution in [0.2, 0.25) is 0 Å². The number of amides is 1. The van der Waals surface area contributed by atoms with Gasteiger partial charge in [-0.05, 0) is 54.1 Å². The van der Waals surface area contributed by atoms with Gasteiger partial charge in [-0.2, -0.15) is 0 Å². The summed E-state index contributed by atoms with van der Waals surface area (Å²) < 4.78 is 13.7. The van der Waals surface area contributed by atoms with E-state index in [9.17, 15) is 9.18 Å². The first-order chi connectivity index (χ1) is 12.6. The van der Waals surface area contributed by atoms with Crippen molar-refractivity contribution in [2.24, 2.45) is 5.73 Å². The molecule has 3 aromatic heterocycles. The van der Waals surface area contributed by atoms with Gasteiger partial charge in [0.1, 0.15) is 5.82 Å². The number of aromatic nitrogens is 3. The molecule has 4 rings (SSSR count). The van der Waals surface area contributed by atoms with E-state index in [1.165, 1.54) is 12.1 Å². The van der Waals surface area contributed by atoms with Crippen LogP contribution in [0, 0.1) is 5.82 Å². The molecule has 0 atom stereocenters. The van der Waals surface area contributed by atoms with E-state index in [0.29, 0.717) is 16.8 Å². The van der Waals surface area contributed by atoms with E-state index in [-0.39, 0.29) is 5.56 Å². The summed E-state index contributed by atoms with van der Waals surface area (Å²) in [5.74, 6) is -1.47. The second-order valence-electron chi connectivity index (χ2n) is 5.72. The lowest BCUT2D eigenvalue weighted by molar-refractivity contribution is 0.0996. The van der Waals surface area contributed by atoms with Crippen LogP contribution >= 0.6 is 0 Å². The van der Waals surface area contributed by atoms with Crippen molar-refractivity contribution in [3.63, 3.8) is 0 Å². The fourth-order valence-electron chi connectivity index (χ4n) is 2.82.